The van der Waals surface area contributed by atoms with E-state index in [0.29, 0.717) is 11.6 Å². The Kier molecular flexibility index (Phi) is 3.71. The number of nitrogens with one attached hydrogen (secondary N) is 2. The lowest BCUT2D eigenvalue weighted by Crippen LogP contribution is -2.27. The number of benzene rings is 1. The fourth-order valence-electron chi connectivity index (χ4n) is 2.39. The van der Waals surface area contributed by atoms with E-state index >= 15 is 0 Å². The van der Waals surface area contributed by atoms with Gasteiger partial charge in [-0.05, 0) is 31.4 Å². The maximum atomic E-state index is 12.3. The molecule has 3 rings (SSSR count). The average molecular weight is 349 g/mol. The van der Waals surface area contributed by atoms with Gasteiger partial charge in [0.2, 0.25) is 0 Å². The summed E-state index contributed by atoms with van der Waals surface area (Å²) in [5.74, 6) is 0.193. The van der Waals surface area contributed by atoms with Gasteiger partial charge in [0.05, 0.1) is 17.4 Å². The van der Waals surface area contributed by atoms with Crippen LogP contribution in [0, 0.1) is 0 Å². The number of rotatable bonds is 4. The van der Waals surface area contributed by atoms with Crippen molar-refractivity contribution in [2.45, 2.75) is 31.7 Å². The van der Waals surface area contributed by atoms with Crippen molar-refractivity contribution in [1.29, 1.82) is 0 Å². The number of carbonyl (C=O) groups excluding carboxylic acids is 1. The van der Waals surface area contributed by atoms with Crippen LogP contribution in [0.5, 0.6) is 0 Å². The van der Waals surface area contributed by atoms with E-state index in [-0.39, 0.29) is 17.6 Å². The predicted molar refractivity (Wildman–Crippen MR) is 85.0 cm³/mol. The van der Waals surface area contributed by atoms with E-state index in [1.807, 2.05) is 31.2 Å². The number of halogens is 1. The van der Waals surface area contributed by atoms with Gasteiger partial charge in [0.15, 0.2) is 5.69 Å². The zero-order valence-electron chi connectivity index (χ0n) is 11.7. The molecule has 0 aliphatic heterocycles. The van der Waals surface area contributed by atoms with E-state index in [1.165, 1.54) is 0 Å². The normalized spacial score (nSPS) is 15.7. The third kappa shape index (κ3) is 2.81. The van der Waals surface area contributed by atoms with Crippen molar-refractivity contribution in [2.75, 3.05) is 5.73 Å². The van der Waals surface area contributed by atoms with E-state index < -0.39 is 0 Å². The van der Waals surface area contributed by atoms with Crippen LogP contribution in [0.3, 0.4) is 0 Å². The number of aromatic amines is 1. The van der Waals surface area contributed by atoms with Crippen molar-refractivity contribution >= 4 is 27.5 Å². The quantitative estimate of drug-likeness (QED) is 0.793. The second-order valence-electron chi connectivity index (χ2n) is 5.39. The molecule has 1 heterocycles. The highest BCUT2D eigenvalue weighted by Gasteiger charge is 2.30. The molecule has 1 atom stereocenters. The highest BCUT2D eigenvalue weighted by atomic mass is 79.9. The van der Waals surface area contributed by atoms with Crippen molar-refractivity contribution < 1.29 is 4.79 Å². The van der Waals surface area contributed by atoms with Crippen molar-refractivity contribution in [3.8, 4) is 0 Å². The van der Waals surface area contributed by atoms with Crippen LogP contribution in [0.25, 0.3) is 0 Å². The Morgan fingerprint density at radius 1 is 1.48 bits per heavy atom. The first-order valence-corrected chi connectivity index (χ1v) is 7.76. The molecule has 110 valence electrons. The highest BCUT2D eigenvalue weighted by Crippen LogP contribution is 2.42. The summed E-state index contributed by atoms with van der Waals surface area (Å²) >= 11 is 3.49. The fraction of sp³-hybridized carbons (Fsp3) is 0.333. The first-order valence-electron chi connectivity index (χ1n) is 6.97. The zero-order chi connectivity index (χ0) is 15.0. The van der Waals surface area contributed by atoms with Gasteiger partial charge >= 0.3 is 0 Å². The lowest BCUT2D eigenvalue weighted by atomic mass is 10.1. The number of nitrogens with two attached hydrogens (primary N) is 1. The van der Waals surface area contributed by atoms with Gasteiger partial charge in [0.1, 0.15) is 0 Å². The van der Waals surface area contributed by atoms with Gasteiger partial charge in [-0.3, -0.25) is 9.89 Å². The van der Waals surface area contributed by atoms with Crippen LogP contribution in [-0.4, -0.2) is 16.1 Å². The number of nitrogen functional groups attached to an aromatic ring is 1. The summed E-state index contributed by atoms with van der Waals surface area (Å²) in [6.45, 7) is 1.93. The number of aromatic nitrogens is 2. The Morgan fingerprint density at radius 3 is 2.86 bits per heavy atom. The van der Waals surface area contributed by atoms with Crippen LogP contribution in [0.2, 0.25) is 0 Å². The lowest BCUT2D eigenvalue weighted by Gasteiger charge is -2.15. The van der Waals surface area contributed by atoms with Crippen LogP contribution in [0.4, 0.5) is 5.69 Å². The summed E-state index contributed by atoms with van der Waals surface area (Å²) in [6.07, 6.45) is 2.22. The van der Waals surface area contributed by atoms with Crippen LogP contribution in [0.15, 0.2) is 28.7 Å². The molecular weight excluding hydrogens is 332 g/mol. The Hall–Kier alpha value is -1.82. The predicted octanol–water partition coefficient (Wildman–Crippen LogP) is 3.12. The van der Waals surface area contributed by atoms with Crippen molar-refractivity contribution in [3.05, 3.63) is 45.7 Å². The van der Waals surface area contributed by atoms with E-state index in [2.05, 4.69) is 31.4 Å². The molecule has 0 spiro atoms. The third-order valence-electron chi connectivity index (χ3n) is 3.75. The molecule has 2 aromatic rings. The number of carbonyl (C=O) groups is 1. The molecule has 1 aliphatic rings. The summed E-state index contributed by atoms with van der Waals surface area (Å²) in [4.78, 5) is 12.3. The smallest absolute Gasteiger partial charge is 0.274 e. The Balaban J connectivity index is 1.75. The van der Waals surface area contributed by atoms with Gasteiger partial charge in [-0.2, -0.15) is 5.10 Å². The van der Waals surface area contributed by atoms with Gasteiger partial charge < -0.3 is 11.1 Å². The molecule has 0 radical (unpaired) electrons. The second kappa shape index (κ2) is 5.52. The Bertz CT molecular complexity index is 678. The van der Waals surface area contributed by atoms with Crippen molar-refractivity contribution in [2.24, 2.45) is 0 Å². The van der Waals surface area contributed by atoms with Gasteiger partial charge in [0.25, 0.3) is 5.91 Å². The van der Waals surface area contributed by atoms with Gasteiger partial charge in [-0.15, -0.1) is 0 Å². The minimum atomic E-state index is -0.251. The van der Waals surface area contributed by atoms with E-state index in [9.17, 15) is 4.79 Å². The molecule has 0 saturated heterocycles. The largest absolute Gasteiger partial charge is 0.395 e. The van der Waals surface area contributed by atoms with Crippen LogP contribution >= 0.6 is 15.9 Å². The number of nitrogens with zero attached hydrogens (tertiary/aromatic N) is 1. The number of hydrogen-bond donors (Lipinski definition) is 3. The number of anilines is 1. The number of amides is 1. The molecule has 21 heavy (non-hydrogen) atoms. The molecule has 0 bridgehead atoms. The molecule has 1 saturated carbocycles. The standard InChI is InChI=1S/C15H17BrN4O/c1-8(10-4-2-3-5-11(10)16)18-15(21)14-12(17)13(19-20-14)9-6-7-9/h2-5,8-9H,6-7,17H2,1H3,(H,18,21)(H,19,20). The molecule has 1 unspecified atom stereocenters. The SMILES string of the molecule is CC(NC(=O)c1n[nH]c(C2CC2)c1N)c1ccccc1Br. The molecule has 6 heteroatoms. The minimum absolute atomic E-state index is 0.131. The highest BCUT2D eigenvalue weighted by molar-refractivity contribution is 9.10. The maximum absolute atomic E-state index is 12.3. The molecular formula is C15H17BrN4O. The lowest BCUT2D eigenvalue weighted by molar-refractivity contribution is 0.0935. The molecule has 1 amide bonds. The summed E-state index contributed by atoms with van der Waals surface area (Å²) in [5, 5.41) is 9.90. The molecule has 1 aromatic carbocycles. The maximum Gasteiger partial charge on any atom is 0.274 e. The van der Waals surface area contributed by atoms with Crippen molar-refractivity contribution in [3.63, 3.8) is 0 Å². The van der Waals surface area contributed by atoms with Crippen LogP contribution < -0.4 is 11.1 Å². The first-order chi connectivity index (χ1) is 10.1. The third-order valence-corrected chi connectivity index (χ3v) is 4.48. The fourth-order valence-corrected chi connectivity index (χ4v) is 3.02. The topological polar surface area (TPSA) is 83.8 Å². The van der Waals surface area contributed by atoms with E-state index in [1.54, 1.807) is 0 Å². The van der Waals surface area contributed by atoms with Gasteiger partial charge in [-0.1, -0.05) is 34.1 Å². The van der Waals surface area contributed by atoms with Gasteiger partial charge in [0, 0.05) is 10.4 Å². The van der Waals surface area contributed by atoms with E-state index in [4.69, 9.17) is 5.73 Å². The van der Waals surface area contributed by atoms with E-state index in [0.717, 1.165) is 28.6 Å². The molecule has 1 aromatic heterocycles. The van der Waals surface area contributed by atoms with Gasteiger partial charge in [-0.25, -0.2) is 0 Å². The number of H-pyrrole nitrogens is 1. The van der Waals surface area contributed by atoms with Crippen LogP contribution in [-0.2, 0) is 0 Å². The molecule has 1 aliphatic carbocycles. The molecule has 4 N–H and O–H groups in total. The summed E-state index contributed by atoms with van der Waals surface area (Å²) in [7, 11) is 0. The Labute approximate surface area is 131 Å². The monoisotopic (exact) mass is 348 g/mol. The average Bonchev–Trinajstić information content (AvgIpc) is 3.22. The summed E-state index contributed by atoms with van der Waals surface area (Å²) in [5.41, 5.74) is 8.71. The Morgan fingerprint density at radius 2 is 2.19 bits per heavy atom. The van der Waals surface area contributed by atoms with Crippen molar-refractivity contribution in [1.82, 2.24) is 15.5 Å². The first kappa shape index (κ1) is 14.1. The summed E-state index contributed by atoms with van der Waals surface area (Å²) < 4.78 is 0.964. The minimum Gasteiger partial charge on any atom is -0.395 e. The van der Waals surface area contributed by atoms with Crippen LogP contribution in [0.1, 0.15) is 53.5 Å². The second-order valence-corrected chi connectivity index (χ2v) is 6.24. The molecule has 5 nitrogen and oxygen atoms in total. The molecule has 1 fully saturated rings. The summed E-state index contributed by atoms with van der Waals surface area (Å²) in [6, 6.07) is 7.67. The zero-order valence-corrected chi connectivity index (χ0v) is 13.3. The number of hydrogen-bond acceptors (Lipinski definition) is 3.